The van der Waals surface area contributed by atoms with E-state index in [1.165, 1.54) is 0 Å². The second-order valence-corrected chi connectivity index (χ2v) is 15.3. The molecule has 1 atom stereocenters. The van der Waals surface area contributed by atoms with Crippen LogP contribution in [0.25, 0.3) is 10.9 Å². The molecule has 2 aliphatic heterocycles. The van der Waals surface area contributed by atoms with Crippen LogP contribution < -0.4 is 4.90 Å². The minimum Gasteiger partial charge on any atom is -0.508 e. The third kappa shape index (κ3) is 9.08. The molecule has 7 rings (SSSR count). The molecule has 0 radical (unpaired) electrons. The normalized spacial score (nSPS) is 15.8. The summed E-state index contributed by atoms with van der Waals surface area (Å²) in [5, 5.41) is 22.0. The predicted octanol–water partition coefficient (Wildman–Crippen LogP) is 6.86. The van der Waals surface area contributed by atoms with Gasteiger partial charge in [-0.15, -0.1) is 0 Å². The fourth-order valence-corrected chi connectivity index (χ4v) is 7.80. The Bertz CT molecular complexity index is 2020. The van der Waals surface area contributed by atoms with Crippen molar-refractivity contribution >= 4 is 44.2 Å². The predicted molar refractivity (Wildman–Crippen MR) is 206 cm³/mol. The van der Waals surface area contributed by atoms with E-state index in [4.69, 9.17) is 16.2 Å². The molecule has 1 amide bonds. The number of nitrogens with zero attached hydrogens (tertiary/aromatic N) is 4. The molecular weight excluding hydrogens is 700 g/mol. The topological polar surface area (TPSA) is 127 Å². The number of carbonyl (C=O) groups is 1. The maximum atomic E-state index is 14.2. The van der Waals surface area contributed by atoms with Crippen LogP contribution in [-0.2, 0) is 16.7 Å². The Balaban J connectivity index is 0.000000870. The van der Waals surface area contributed by atoms with Crippen LogP contribution in [-0.4, -0.2) is 95.0 Å². The summed E-state index contributed by atoms with van der Waals surface area (Å²) in [4.78, 5) is 21.1. The van der Waals surface area contributed by atoms with Gasteiger partial charge in [-0.2, -0.15) is 8.42 Å². The highest BCUT2D eigenvalue weighted by molar-refractivity contribution is 7.85. The minimum atomic E-state index is -3.67. The van der Waals surface area contributed by atoms with Gasteiger partial charge in [-0.1, -0.05) is 66.2 Å². The molecule has 274 valence electrons. The van der Waals surface area contributed by atoms with Crippen molar-refractivity contribution in [1.29, 1.82) is 0 Å². The Morgan fingerprint density at radius 1 is 0.769 bits per heavy atom. The smallest absolute Gasteiger partial charge is 0.270 e. The van der Waals surface area contributed by atoms with E-state index in [-0.39, 0.29) is 29.4 Å². The summed E-state index contributed by atoms with van der Waals surface area (Å²) in [6.45, 7) is 5.44. The summed E-state index contributed by atoms with van der Waals surface area (Å²) in [5.41, 5.74) is 5.05. The molecule has 2 aliphatic rings. The zero-order valence-corrected chi connectivity index (χ0v) is 30.8. The van der Waals surface area contributed by atoms with Crippen LogP contribution in [0.2, 0.25) is 5.02 Å². The molecule has 10 nitrogen and oxygen atoms in total. The van der Waals surface area contributed by atoms with Crippen molar-refractivity contribution in [3.8, 4) is 11.5 Å². The highest BCUT2D eigenvalue weighted by atomic mass is 35.5. The molecule has 4 aromatic carbocycles. The number of carbonyl (C=O) groups excluding carboxylic acids is 1. The number of para-hydroxylation sites is 2. The second kappa shape index (κ2) is 16.4. The molecule has 2 fully saturated rings. The van der Waals surface area contributed by atoms with Gasteiger partial charge >= 0.3 is 0 Å². The summed E-state index contributed by atoms with van der Waals surface area (Å²) >= 11 is 6.49. The average molecular weight is 745 g/mol. The number of piperazine rings is 1. The van der Waals surface area contributed by atoms with E-state index >= 15 is 0 Å². The zero-order chi connectivity index (χ0) is 36.8. The maximum absolute atomic E-state index is 14.2. The fourth-order valence-electron chi connectivity index (χ4n) is 7.54. The standard InChI is InChI=1S/C39H41ClN4O3.CH4O3S/c40-33-8-2-4-10-35(33)42-23-25-43(26-24-42)39(47)37-27-30-7-1-3-9-34(30)44(37)22-19-36(41-20-5-6-21-41)38(28-11-15-31(45)16-12-28)29-13-17-32(46)18-14-29;1-5(2,3)4/h1-4,7-18,27,36,38,45-46H,5-6,19-26H2;1H3,(H,2,3,4). The molecule has 1 aromatic heterocycles. The van der Waals surface area contributed by atoms with Crippen LogP contribution in [0.15, 0.2) is 103 Å². The lowest BCUT2D eigenvalue weighted by atomic mass is 9.82. The molecule has 3 N–H and O–H groups in total. The Morgan fingerprint density at radius 3 is 1.88 bits per heavy atom. The third-order valence-electron chi connectivity index (χ3n) is 9.94. The number of fused-ring (bicyclic) bond motifs is 1. The number of halogens is 1. The highest BCUT2D eigenvalue weighted by Crippen LogP contribution is 2.37. The molecule has 5 aromatic rings. The monoisotopic (exact) mass is 744 g/mol. The van der Waals surface area contributed by atoms with E-state index in [9.17, 15) is 23.4 Å². The molecule has 12 heteroatoms. The SMILES string of the molecule is CS(=O)(=O)O.O=C(c1cc2ccccc2n1CCC(C(c1ccc(O)cc1)c1ccc(O)cc1)N1CCCC1)N1CCN(c2ccccc2Cl)CC1. The number of phenols is 2. The Labute approximate surface area is 310 Å². The second-order valence-electron chi connectivity index (χ2n) is 13.5. The molecule has 0 bridgehead atoms. The first kappa shape index (κ1) is 37.2. The van der Waals surface area contributed by atoms with Gasteiger partial charge in [0.15, 0.2) is 0 Å². The van der Waals surface area contributed by atoms with Gasteiger partial charge in [0.05, 0.1) is 17.0 Å². The van der Waals surface area contributed by atoms with E-state index < -0.39 is 10.1 Å². The van der Waals surface area contributed by atoms with Gasteiger partial charge < -0.3 is 24.6 Å². The first-order valence-corrected chi connectivity index (χ1v) is 19.8. The fraction of sp³-hybridized carbons (Fsp3) is 0.325. The number of phenolic OH excluding ortho intramolecular Hbond substituents is 2. The molecule has 0 spiro atoms. The van der Waals surface area contributed by atoms with Gasteiger partial charge in [0.25, 0.3) is 16.0 Å². The van der Waals surface area contributed by atoms with Crippen LogP contribution in [0.5, 0.6) is 11.5 Å². The van der Waals surface area contributed by atoms with Crippen molar-refractivity contribution in [2.75, 3.05) is 50.4 Å². The van der Waals surface area contributed by atoms with Crippen molar-refractivity contribution < 1.29 is 28.0 Å². The average Bonchev–Trinajstić information content (AvgIpc) is 3.79. The largest absolute Gasteiger partial charge is 0.508 e. The van der Waals surface area contributed by atoms with Crippen LogP contribution in [0.3, 0.4) is 0 Å². The van der Waals surface area contributed by atoms with E-state index in [1.807, 2.05) is 65.6 Å². The van der Waals surface area contributed by atoms with Crippen molar-refractivity contribution in [3.05, 3.63) is 125 Å². The van der Waals surface area contributed by atoms with Gasteiger partial charge in [0.1, 0.15) is 17.2 Å². The molecular formula is C40H45ClN4O6S. The van der Waals surface area contributed by atoms with E-state index in [0.717, 1.165) is 83.9 Å². The molecule has 0 saturated carbocycles. The third-order valence-corrected chi connectivity index (χ3v) is 10.3. The lowest BCUT2D eigenvalue weighted by Gasteiger charge is -2.37. The number of rotatable bonds is 9. The number of aromatic nitrogens is 1. The number of hydrogen-bond donors (Lipinski definition) is 3. The van der Waals surface area contributed by atoms with Gasteiger partial charge in [0, 0.05) is 55.6 Å². The van der Waals surface area contributed by atoms with E-state index in [1.54, 1.807) is 24.3 Å². The summed E-state index contributed by atoms with van der Waals surface area (Å²) in [7, 11) is -3.67. The molecule has 2 saturated heterocycles. The number of amides is 1. The van der Waals surface area contributed by atoms with Crippen molar-refractivity contribution in [3.63, 3.8) is 0 Å². The van der Waals surface area contributed by atoms with Crippen LogP contribution in [0.1, 0.15) is 46.8 Å². The van der Waals surface area contributed by atoms with Gasteiger partial charge in [0.2, 0.25) is 0 Å². The minimum absolute atomic E-state index is 0.0215. The first-order chi connectivity index (χ1) is 25.0. The number of likely N-dealkylation sites (tertiary alicyclic amines) is 1. The van der Waals surface area contributed by atoms with Crippen molar-refractivity contribution in [2.24, 2.45) is 0 Å². The Kier molecular flexibility index (Phi) is 11.7. The maximum Gasteiger partial charge on any atom is 0.270 e. The summed E-state index contributed by atoms with van der Waals surface area (Å²) in [6, 6.07) is 33.4. The molecule has 3 heterocycles. The van der Waals surface area contributed by atoms with E-state index in [2.05, 4.69) is 32.6 Å². The van der Waals surface area contributed by atoms with Crippen molar-refractivity contribution in [2.45, 2.75) is 37.8 Å². The first-order valence-electron chi connectivity index (χ1n) is 17.6. The van der Waals surface area contributed by atoms with Crippen LogP contribution in [0, 0.1) is 0 Å². The van der Waals surface area contributed by atoms with Crippen LogP contribution >= 0.6 is 11.6 Å². The quantitative estimate of drug-likeness (QED) is 0.140. The Hall–Kier alpha value is -4.55. The number of anilines is 1. The lowest BCUT2D eigenvalue weighted by molar-refractivity contribution is 0.0735. The summed E-state index contributed by atoms with van der Waals surface area (Å²) in [5.74, 6) is 0.565. The number of aromatic hydroxyl groups is 2. The molecule has 52 heavy (non-hydrogen) atoms. The molecule has 1 unspecified atom stereocenters. The van der Waals surface area contributed by atoms with Crippen LogP contribution in [0.4, 0.5) is 5.69 Å². The van der Waals surface area contributed by atoms with Gasteiger partial charge in [-0.3, -0.25) is 14.2 Å². The van der Waals surface area contributed by atoms with Gasteiger partial charge in [-0.05, 0) is 92.0 Å². The highest BCUT2D eigenvalue weighted by Gasteiger charge is 2.33. The van der Waals surface area contributed by atoms with Gasteiger partial charge in [-0.25, -0.2) is 0 Å². The van der Waals surface area contributed by atoms with E-state index in [0.29, 0.717) is 25.9 Å². The Morgan fingerprint density at radius 2 is 1.31 bits per heavy atom. The summed E-state index contributed by atoms with van der Waals surface area (Å²) in [6.07, 6.45) is 3.86. The molecule has 0 aliphatic carbocycles. The summed E-state index contributed by atoms with van der Waals surface area (Å²) < 4.78 is 28.1. The number of benzene rings is 4. The zero-order valence-electron chi connectivity index (χ0n) is 29.2. The number of hydrogen-bond acceptors (Lipinski definition) is 7. The lowest BCUT2D eigenvalue weighted by Crippen LogP contribution is -2.49. The van der Waals surface area contributed by atoms with Crippen molar-refractivity contribution in [1.82, 2.24) is 14.4 Å². The number of aryl methyl sites for hydroxylation is 1.